The first-order valence-corrected chi connectivity index (χ1v) is 5.37. The van der Waals surface area contributed by atoms with E-state index in [2.05, 4.69) is 5.43 Å². The predicted octanol–water partition coefficient (Wildman–Crippen LogP) is 2.66. The summed E-state index contributed by atoms with van der Waals surface area (Å²) in [5.41, 5.74) is 3.51. The zero-order valence-corrected chi connectivity index (χ0v) is 9.34. The second-order valence-electron chi connectivity index (χ2n) is 3.96. The van der Waals surface area contributed by atoms with Gasteiger partial charge in [-0.3, -0.25) is 5.43 Å². The van der Waals surface area contributed by atoms with Crippen molar-refractivity contribution >= 4 is 16.5 Å². The minimum absolute atomic E-state index is 0.180. The van der Waals surface area contributed by atoms with Crippen LogP contribution in [-0.2, 0) is 4.84 Å². The lowest BCUT2D eigenvalue weighted by molar-refractivity contribution is 0.191. The third-order valence-corrected chi connectivity index (χ3v) is 2.68. The SMILES string of the molecule is CC1=CNN(c2cc3ccccc3cc2O)O1. The Balaban J connectivity index is 2.08. The fourth-order valence-corrected chi connectivity index (χ4v) is 1.84. The molecule has 2 aromatic rings. The second-order valence-corrected chi connectivity index (χ2v) is 3.96. The summed E-state index contributed by atoms with van der Waals surface area (Å²) in [5.74, 6) is 0.928. The normalized spacial score (nSPS) is 14.4. The van der Waals surface area contributed by atoms with Gasteiger partial charge >= 0.3 is 0 Å². The molecule has 0 aliphatic carbocycles. The van der Waals surface area contributed by atoms with Crippen LogP contribution < -0.4 is 10.6 Å². The second kappa shape index (κ2) is 3.59. The predicted molar refractivity (Wildman–Crippen MR) is 66.1 cm³/mol. The standard InChI is InChI=1S/C13H12N2O2/c1-9-8-14-15(17-9)12-6-10-4-2-3-5-11(10)7-13(12)16/h2-8,14,16H,1H3. The van der Waals surface area contributed by atoms with Crippen molar-refractivity contribution in [3.05, 3.63) is 48.4 Å². The van der Waals surface area contributed by atoms with Gasteiger partial charge in [0.15, 0.2) is 0 Å². The molecular formula is C13H12N2O2. The molecule has 0 bridgehead atoms. The first-order chi connectivity index (χ1) is 8.24. The highest BCUT2D eigenvalue weighted by atomic mass is 16.7. The van der Waals surface area contributed by atoms with E-state index in [0.717, 1.165) is 16.5 Å². The van der Waals surface area contributed by atoms with Crippen molar-refractivity contribution < 1.29 is 9.94 Å². The zero-order valence-electron chi connectivity index (χ0n) is 9.34. The lowest BCUT2D eigenvalue weighted by Gasteiger charge is -2.18. The highest BCUT2D eigenvalue weighted by molar-refractivity contribution is 5.88. The molecule has 1 aliphatic rings. The number of phenolic OH excluding ortho intramolecular Hbond substituents is 1. The number of benzene rings is 2. The highest BCUT2D eigenvalue weighted by Gasteiger charge is 2.17. The summed E-state index contributed by atoms with van der Waals surface area (Å²) >= 11 is 0. The van der Waals surface area contributed by atoms with Gasteiger partial charge in [0.2, 0.25) is 0 Å². The summed E-state index contributed by atoms with van der Waals surface area (Å²) in [5, 5.41) is 13.5. The summed E-state index contributed by atoms with van der Waals surface area (Å²) < 4.78 is 0. The van der Waals surface area contributed by atoms with E-state index in [1.807, 2.05) is 37.3 Å². The van der Waals surface area contributed by atoms with Crippen LogP contribution in [0.25, 0.3) is 10.8 Å². The van der Waals surface area contributed by atoms with Crippen LogP contribution >= 0.6 is 0 Å². The molecule has 17 heavy (non-hydrogen) atoms. The van der Waals surface area contributed by atoms with E-state index < -0.39 is 0 Å². The van der Waals surface area contributed by atoms with Crippen molar-refractivity contribution in [2.75, 3.05) is 5.17 Å². The number of nitrogens with zero attached hydrogens (tertiary/aromatic N) is 1. The van der Waals surface area contributed by atoms with Gasteiger partial charge < -0.3 is 9.94 Å². The molecule has 3 rings (SSSR count). The zero-order chi connectivity index (χ0) is 11.8. The van der Waals surface area contributed by atoms with E-state index in [1.165, 1.54) is 5.17 Å². The average molecular weight is 228 g/mol. The van der Waals surface area contributed by atoms with Gasteiger partial charge in [0.25, 0.3) is 0 Å². The molecule has 1 aliphatic heterocycles. The molecule has 0 unspecified atom stereocenters. The van der Waals surface area contributed by atoms with Crippen LogP contribution in [0.2, 0.25) is 0 Å². The van der Waals surface area contributed by atoms with E-state index in [9.17, 15) is 5.11 Å². The maximum Gasteiger partial charge on any atom is 0.149 e. The number of hydrogen-bond donors (Lipinski definition) is 2. The van der Waals surface area contributed by atoms with Gasteiger partial charge in [0, 0.05) is 0 Å². The number of aromatic hydroxyl groups is 1. The topological polar surface area (TPSA) is 44.7 Å². The van der Waals surface area contributed by atoms with Crippen molar-refractivity contribution in [3.63, 3.8) is 0 Å². The minimum Gasteiger partial charge on any atom is -0.506 e. The number of fused-ring (bicyclic) bond motifs is 1. The van der Waals surface area contributed by atoms with Crippen molar-refractivity contribution in [1.29, 1.82) is 0 Å². The summed E-state index contributed by atoms with van der Waals surface area (Å²) in [6.45, 7) is 1.84. The molecule has 0 aromatic heterocycles. The number of rotatable bonds is 1. The monoisotopic (exact) mass is 228 g/mol. The van der Waals surface area contributed by atoms with Gasteiger partial charge in [0.1, 0.15) is 17.2 Å². The summed E-state index contributed by atoms with van der Waals surface area (Å²) in [6.07, 6.45) is 1.73. The highest BCUT2D eigenvalue weighted by Crippen LogP contribution is 2.33. The van der Waals surface area contributed by atoms with Crippen LogP contribution in [-0.4, -0.2) is 5.11 Å². The minimum atomic E-state index is 0.180. The van der Waals surface area contributed by atoms with Crippen molar-refractivity contribution in [2.24, 2.45) is 0 Å². The molecule has 0 spiro atoms. The molecule has 0 saturated carbocycles. The fraction of sp³-hybridized carbons (Fsp3) is 0.0769. The van der Waals surface area contributed by atoms with Gasteiger partial charge in [-0.15, -0.1) is 5.17 Å². The van der Waals surface area contributed by atoms with E-state index in [-0.39, 0.29) is 5.75 Å². The molecule has 4 nitrogen and oxygen atoms in total. The number of nitrogens with one attached hydrogen (secondary N) is 1. The maximum atomic E-state index is 9.97. The average Bonchev–Trinajstić information content (AvgIpc) is 2.75. The lowest BCUT2D eigenvalue weighted by atomic mass is 10.1. The Morgan fingerprint density at radius 1 is 1.18 bits per heavy atom. The van der Waals surface area contributed by atoms with Crippen LogP contribution in [0, 0.1) is 0 Å². The quantitative estimate of drug-likeness (QED) is 0.787. The van der Waals surface area contributed by atoms with Crippen LogP contribution in [0.3, 0.4) is 0 Å². The van der Waals surface area contributed by atoms with Crippen LogP contribution in [0.15, 0.2) is 48.4 Å². The molecule has 0 amide bonds. The maximum absolute atomic E-state index is 9.97. The summed E-state index contributed by atoms with van der Waals surface area (Å²) in [6, 6.07) is 11.5. The van der Waals surface area contributed by atoms with Gasteiger partial charge in [-0.05, 0) is 29.8 Å². The van der Waals surface area contributed by atoms with Gasteiger partial charge in [-0.1, -0.05) is 24.3 Å². The Bertz CT molecular complexity index is 607. The van der Waals surface area contributed by atoms with E-state index >= 15 is 0 Å². The van der Waals surface area contributed by atoms with E-state index in [1.54, 1.807) is 12.3 Å². The largest absolute Gasteiger partial charge is 0.506 e. The third kappa shape index (κ3) is 1.63. The van der Waals surface area contributed by atoms with Crippen LogP contribution in [0.5, 0.6) is 5.75 Å². The number of anilines is 1. The van der Waals surface area contributed by atoms with Crippen LogP contribution in [0.1, 0.15) is 6.92 Å². The molecule has 1 heterocycles. The number of hydrogen-bond acceptors (Lipinski definition) is 4. The van der Waals surface area contributed by atoms with Crippen LogP contribution in [0.4, 0.5) is 5.69 Å². The first-order valence-electron chi connectivity index (χ1n) is 5.37. The molecule has 0 atom stereocenters. The molecule has 2 N–H and O–H groups in total. The van der Waals surface area contributed by atoms with E-state index in [4.69, 9.17) is 4.84 Å². The number of phenols is 1. The van der Waals surface area contributed by atoms with Crippen molar-refractivity contribution in [2.45, 2.75) is 6.92 Å². The summed E-state index contributed by atoms with van der Waals surface area (Å²) in [7, 11) is 0. The molecule has 4 heteroatoms. The molecule has 0 fully saturated rings. The van der Waals surface area contributed by atoms with Gasteiger partial charge in [-0.25, -0.2) is 0 Å². The fourth-order valence-electron chi connectivity index (χ4n) is 1.84. The van der Waals surface area contributed by atoms with E-state index in [0.29, 0.717) is 5.69 Å². The number of allylic oxidation sites excluding steroid dienone is 1. The number of hydrazine groups is 1. The Morgan fingerprint density at radius 2 is 1.88 bits per heavy atom. The Hall–Kier alpha value is -2.36. The smallest absolute Gasteiger partial charge is 0.149 e. The molecule has 0 saturated heterocycles. The van der Waals surface area contributed by atoms with Gasteiger partial charge in [0.05, 0.1) is 6.20 Å². The molecule has 2 aromatic carbocycles. The first kappa shape index (κ1) is 9.84. The molecule has 86 valence electrons. The van der Waals surface area contributed by atoms with Crippen molar-refractivity contribution in [1.82, 2.24) is 5.43 Å². The lowest BCUT2D eigenvalue weighted by Crippen LogP contribution is -2.28. The Kier molecular flexibility index (Phi) is 2.08. The molecular weight excluding hydrogens is 216 g/mol. The molecule has 0 radical (unpaired) electrons. The third-order valence-electron chi connectivity index (χ3n) is 2.68. The Morgan fingerprint density at radius 3 is 2.53 bits per heavy atom. The summed E-state index contributed by atoms with van der Waals surface area (Å²) in [4.78, 5) is 5.40. The Labute approximate surface area is 98.7 Å². The van der Waals surface area contributed by atoms with Gasteiger partial charge in [-0.2, -0.15) is 0 Å². The van der Waals surface area contributed by atoms with Crippen molar-refractivity contribution in [3.8, 4) is 5.75 Å².